The van der Waals surface area contributed by atoms with E-state index >= 15 is 0 Å². The largest absolute Gasteiger partial charge is 0.493 e. The molecule has 0 bridgehead atoms. The molecule has 1 aliphatic rings. The third kappa shape index (κ3) is 8.09. The molecule has 1 heterocycles. The first-order valence-corrected chi connectivity index (χ1v) is 11.0. The van der Waals surface area contributed by atoms with Gasteiger partial charge >= 0.3 is 0 Å². The molecule has 0 amide bonds. The minimum absolute atomic E-state index is 0.487. The first kappa shape index (κ1) is 22.9. The molecule has 1 aliphatic carbocycles. The molecule has 2 aromatic rings. The summed E-state index contributed by atoms with van der Waals surface area (Å²) in [5.74, 6) is 3.04. The van der Waals surface area contributed by atoms with Crippen LogP contribution in [0.15, 0.2) is 41.5 Å². The number of nitrogens with zero attached hydrogens (tertiary/aromatic N) is 2. The molecule has 7 heteroatoms. The molecular weight excluding hydrogens is 392 g/mol. The number of ether oxygens (including phenoxy) is 3. The van der Waals surface area contributed by atoms with E-state index in [1.54, 1.807) is 13.3 Å². The number of hydrogen-bond donors (Lipinski definition) is 2. The molecule has 0 unspecified atom stereocenters. The van der Waals surface area contributed by atoms with Crippen LogP contribution >= 0.6 is 0 Å². The van der Waals surface area contributed by atoms with E-state index in [0.717, 1.165) is 41.9 Å². The average Bonchev–Trinajstić information content (AvgIpc) is 3.61. The van der Waals surface area contributed by atoms with E-state index in [4.69, 9.17) is 14.2 Å². The van der Waals surface area contributed by atoms with Gasteiger partial charge in [0.25, 0.3) is 0 Å². The number of benzene rings is 1. The van der Waals surface area contributed by atoms with E-state index in [-0.39, 0.29) is 0 Å². The van der Waals surface area contributed by atoms with Crippen molar-refractivity contribution in [3.8, 4) is 11.6 Å². The van der Waals surface area contributed by atoms with Crippen molar-refractivity contribution in [2.75, 3.05) is 33.5 Å². The molecule has 1 aromatic carbocycles. The summed E-state index contributed by atoms with van der Waals surface area (Å²) in [6.07, 6.45) is 4.36. The molecule has 1 fully saturated rings. The van der Waals surface area contributed by atoms with E-state index in [0.29, 0.717) is 32.2 Å². The first-order chi connectivity index (χ1) is 15.2. The van der Waals surface area contributed by atoms with Gasteiger partial charge in [-0.15, -0.1) is 0 Å². The Morgan fingerprint density at radius 2 is 2.00 bits per heavy atom. The van der Waals surface area contributed by atoms with Gasteiger partial charge in [0, 0.05) is 38.0 Å². The Labute approximate surface area is 185 Å². The zero-order valence-corrected chi connectivity index (χ0v) is 18.8. The second kappa shape index (κ2) is 12.2. The first-order valence-electron chi connectivity index (χ1n) is 11.0. The molecule has 0 spiro atoms. The Hall–Kier alpha value is -2.80. The predicted octanol–water partition coefficient (Wildman–Crippen LogP) is 3.46. The second-order valence-corrected chi connectivity index (χ2v) is 7.76. The summed E-state index contributed by atoms with van der Waals surface area (Å²) in [6, 6.07) is 10.2. The topological polar surface area (TPSA) is 77.0 Å². The van der Waals surface area contributed by atoms with Crippen LogP contribution in [0.1, 0.15) is 36.5 Å². The molecule has 31 heavy (non-hydrogen) atoms. The molecule has 3 rings (SSSR count). The normalized spacial score (nSPS) is 13.7. The fourth-order valence-electron chi connectivity index (χ4n) is 2.94. The maximum Gasteiger partial charge on any atom is 0.213 e. The second-order valence-electron chi connectivity index (χ2n) is 7.76. The number of nitrogens with one attached hydrogen (secondary N) is 2. The van der Waals surface area contributed by atoms with Crippen LogP contribution in [0.3, 0.4) is 0 Å². The minimum atomic E-state index is 0.487. The molecule has 0 saturated heterocycles. The minimum Gasteiger partial charge on any atom is -0.493 e. The third-order valence-electron chi connectivity index (χ3n) is 4.94. The van der Waals surface area contributed by atoms with Gasteiger partial charge in [-0.05, 0) is 49.8 Å². The highest BCUT2D eigenvalue weighted by Gasteiger charge is 2.22. The zero-order chi connectivity index (χ0) is 21.9. The monoisotopic (exact) mass is 426 g/mol. The number of pyridine rings is 1. The van der Waals surface area contributed by atoms with Gasteiger partial charge < -0.3 is 24.8 Å². The van der Waals surface area contributed by atoms with E-state index in [1.807, 2.05) is 12.1 Å². The van der Waals surface area contributed by atoms with Crippen LogP contribution in [0.2, 0.25) is 0 Å². The highest BCUT2D eigenvalue weighted by atomic mass is 16.5. The SMILES string of the molecule is CCNC(=NCc1ccc(OCCOC)nc1)NCc1ccc(C)cc1OCC1CC1. The Morgan fingerprint density at radius 3 is 2.71 bits per heavy atom. The summed E-state index contributed by atoms with van der Waals surface area (Å²) in [5, 5.41) is 6.71. The van der Waals surface area contributed by atoms with E-state index in [2.05, 4.69) is 52.7 Å². The van der Waals surface area contributed by atoms with Crippen LogP contribution in [0.5, 0.6) is 11.6 Å². The smallest absolute Gasteiger partial charge is 0.213 e. The Balaban J connectivity index is 1.56. The standard InChI is InChI=1S/C24H34N4O3/c1-4-25-24(27-15-20-8-10-23(26-14-20)30-12-11-29-3)28-16-21-9-5-18(2)13-22(21)31-17-19-6-7-19/h5,8-10,13-14,19H,4,6-7,11-12,15-17H2,1-3H3,(H2,25,27,28). The van der Waals surface area contributed by atoms with Crippen LogP contribution in [0.25, 0.3) is 0 Å². The fourth-order valence-corrected chi connectivity index (χ4v) is 2.94. The molecular formula is C24H34N4O3. The van der Waals surface area contributed by atoms with Crippen molar-refractivity contribution in [2.45, 2.75) is 39.8 Å². The van der Waals surface area contributed by atoms with Gasteiger partial charge in [-0.2, -0.15) is 0 Å². The van der Waals surface area contributed by atoms with Gasteiger partial charge in [0.05, 0.1) is 19.8 Å². The molecule has 0 radical (unpaired) electrons. The summed E-state index contributed by atoms with van der Waals surface area (Å²) in [4.78, 5) is 9.01. The van der Waals surface area contributed by atoms with Crippen LogP contribution in [-0.2, 0) is 17.8 Å². The lowest BCUT2D eigenvalue weighted by Gasteiger charge is -2.15. The predicted molar refractivity (Wildman–Crippen MR) is 123 cm³/mol. The summed E-state index contributed by atoms with van der Waals surface area (Å²) >= 11 is 0. The lowest BCUT2D eigenvalue weighted by atomic mass is 10.1. The molecule has 0 aliphatic heterocycles. The number of aromatic nitrogens is 1. The zero-order valence-electron chi connectivity index (χ0n) is 18.8. The Morgan fingerprint density at radius 1 is 1.13 bits per heavy atom. The quantitative estimate of drug-likeness (QED) is 0.308. The molecule has 0 atom stereocenters. The van der Waals surface area contributed by atoms with Gasteiger partial charge in [-0.1, -0.05) is 18.2 Å². The molecule has 1 aromatic heterocycles. The van der Waals surface area contributed by atoms with Gasteiger partial charge in [0.2, 0.25) is 5.88 Å². The van der Waals surface area contributed by atoms with Crippen molar-refractivity contribution in [3.63, 3.8) is 0 Å². The number of rotatable bonds is 12. The number of aliphatic imine (C=N–C) groups is 1. The number of guanidine groups is 1. The third-order valence-corrected chi connectivity index (χ3v) is 4.94. The van der Waals surface area contributed by atoms with Gasteiger partial charge in [-0.3, -0.25) is 0 Å². The van der Waals surface area contributed by atoms with E-state index in [1.165, 1.54) is 18.4 Å². The molecule has 7 nitrogen and oxygen atoms in total. The number of methoxy groups -OCH3 is 1. The van der Waals surface area contributed by atoms with Crippen LogP contribution in [0.4, 0.5) is 0 Å². The average molecular weight is 427 g/mol. The highest BCUT2D eigenvalue weighted by molar-refractivity contribution is 5.79. The summed E-state index contributed by atoms with van der Waals surface area (Å²) in [5.41, 5.74) is 3.36. The molecule has 1 saturated carbocycles. The Kier molecular flexibility index (Phi) is 8.97. The lowest BCUT2D eigenvalue weighted by molar-refractivity contribution is 0.143. The fraction of sp³-hybridized carbons (Fsp3) is 0.500. The summed E-state index contributed by atoms with van der Waals surface area (Å²) < 4.78 is 16.6. The maximum absolute atomic E-state index is 6.08. The molecule has 2 N–H and O–H groups in total. The van der Waals surface area contributed by atoms with Crippen molar-refractivity contribution in [1.29, 1.82) is 0 Å². The lowest BCUT2D eigenvalue weighted by Crippen LogP contribution is -2.36. The number of hydrogen-bond acceptors (Lipinski definition) is 5. The van der Waals surface area contributed by atoms with Gasteiger partial charge in [0.15, 0.2) is 5.96 Å². The van der Waals surface area contributed by atoms with Crippen molar-refractivity contribution in [3.05, 3.63) is 53.2 Å². The van der Waals surface area contributed by atoms with Crippen molar-refractivity contribution in [1.82, 2.24) is 15.6 Å². The Bertz CT molecular complexity index is 835. The van der Waals surface area contributed by atoms with Crippen molar-refractivity contribution >= 4 is 5.96 Å². The maximum atomic E-state index is 6.08. The van der Waals surface area contributed by atoms with Crippen LogP contribution in [0, 0.1) is 12.8 Å². The highest BCUT2D eigenvalue weighted by Crippen LogP contribution is 2.30. The van der Waals surface area contributed by atoms with Gasteiger partial charge in [0.1, 0.15) is 12.4 Å². The van der Waals surface area contributed by atoms with Crippen molar-refractivity contribution < 1.29 is 14.2 Å². The molecule has 168 valence electrons. The van der Waals surface area contributed by atoms with Crippen LogP contribution < -0.4 is 20.1 Å². The van der Waals surface area contributed by atoms with Crippen LogP contribution in [-0.4, -0.2) is 44.4 Å². The van der Waals surface area contributed by atoms with Crippen molar-refractivity contribution in [2.24, 2.45) is 10.9 Å². The van der Waals surface area contributed by atoms with E-state index < -0.39 is 0 Å². The summed E-state index contributed by atoms with van der Waals surface area (Å²) in [7, 11) is 1.65. The summed E-state index contributed by atoms with van der Waals surface area (Å²) in [6.45, 7) is 7.95. The van der Waals surface area contributed by atoms with E-state index in [9.17, 15) is 0 Å². The number of aryl methyl sites for hydroxylation is 1. The van der Waals surface area contributed by atoms with Gasteiger partial charge in [-0.25, -0.2) is 9.98 Å².